The fraction of sp³-hybridized carbons (Fsp3) is 0.667. The quantitative estimate of drug-likeness (QED) is 0.515. The van der Waals surface area contributed by atoms with E-state index in [-0.39, 0.29) is 24.0 Å². The summed E-state index contributed by atoms with van der Waals surface area (Å²) in [7, 11) is 1.25. The second-order valence-corrected chi connectivity index (χ2v) is 10.0. The molecule has 2 amide bonds. The second kappa shape index (κ2) is 9.89. The SMILES string of the molecule is COC(=O)C1CC(Oc2cc(Cl)ncn2)CN1C(=O)C(NC(=O)OC(C)(C)C)C(C)(C)C. The number of halogens is 1. The smallest absolute Gasteiger partial charge is 0.408 e. The number of methoxy groups -OCH3 is 1. The number of amides is 2. The predicted molar refractivity (Wildman–Crippen MR) is 116 cm³/mol. The molecule has 11 heteroatoms. The van der Waals surface area contributed by atoms with Crippen molar-refractivity contribution in [3.8, 4) is 5.88 Å². The lowest BCUT2D eigenvalue weighted by atomic mass is 9.85. The summed E-state index contributed by atoms with van der Waals surface area (Å²) >= 11 is 5.88. The zero-order chi connectivity index (χ0) is 24.3. The van der Waals surface area contributed by atoms with Gasteiger partial charge < -0.3 is 24.4 Å². The maximum atomic E-state index is 13.5. The van der Waals surface area contributed by atoms with E-state index in [1.54, 1.807) is 20.8 Å². The zero-order valence-corrected chi connectivity index (χ0v) is 20.2. The number of hydrogen-bond donors (Lipinski definition) is 1. The lowest BCUT2D eigenvalue weighted by molar-refractivity contribution is -0.152. The summed E-state index contributed by atoms with van der Waals surface area (Å²) < 4.78 is 16.0. The van der Waals surface area contributed by atoms with Crippen LogP contribution in [0.5, 0.6) is 5.88 Å². The molecule has 2 heterocycles. The minimum atomic E-state index is -0.947. The average molecular weight is 471 g/mol. The van der Waals surface area contributed by atoms with Crippen LogP contribution >= 0.6 is 11.6 Å². The molecule has 3 atom stereocenters. The standard InChI is InChI=1S/C21H31ClN4O6/c1-20(2,3)16(25-19(29)32-21(4,5)6)17(27)26-10-12(8-13(26)18(28)30-7)31-15-9-14(22)23-11-24-15/h9,11-13,16H,8,10H2,1-7H3,(H,25,29). The summed E-state index contributed by atoms with van der Waals surface area (Å²) in [4.78, 5) is 47.5. The van der Waals surface area contributed by atoms with Gasteiger partial charge in [-0.25, -0.2) is 19.6 Å². The first-order valence-corrected chi connectivity index (χ1v) is 10.6. The number of rotatable bonds is 5. The largest absolute Gasteiger partial charge is 0.472 e. The van der Waals surface area contributed by atoms with Crippen LogP contribution in [0, 0.1) is 5.41 Å². The molecule has 32 heavy (non-hydrogen) atoms. The second-order valence-electron chi connectivity index (χ2n) is 9.63. The van der Waals surface area contributed by atoms with Gasteiger partial charge in [0.25, 0.3) is 0 Å². The molecular weight excluding hydrogens is 440 g/mol. The average Bonchev–Trinajstić information content (AvgIpc) is 3.06. The number of esters is 1. The Morgan fingerprint density at radius 3 is 2.38 bits per heavy atom. The first kappa shape index (κ1) is 25.6. The van der Waals surface area contributed by atoms with E-state index in [4.69, 9.17) is 25.8 Å². The third-order valence-corrected chi connectivity index (χ3v) is 4.90. The molecule has 0 spiro atoms. The minimum Gasteiger partial charge on any atom is -0.472 e. The molecule has 10 nitrogen and oxygen atoms in total. The van der Waals surface area contributed by atoms with Gasteiger partial charge in [0, 0.05) is 12.5 Å². The van der Waals surface area contributed by atoms with Gasteiger partial charge >= 0.3 is 12.1 Å². The number of carbonyl (C=O) groups excluding carboxylic acids is 3. The van der Waals surface area contributed by atoms with Gasteiger partial charge in [0.05, 0.1) is 13.7 Å². The summed E-state index contributed by atoms with van der Waals surface area (Å²) in [6.07, 6.45) is 0.205. The fourth-order valence-electron chi connectivity index (χ4n) is 3.28. The Morgan fingerprint density at radius 1 is 1.19 bits per heavy atom. The van der Waals surface area contributed by atoms with E-state index in [2.05, 4.69) is 15.3 Å². The number of carbonyl (C=O) groups is 3. The van der Waals surface area contributed by atoms with E-state index in [9.17, 15) is 14.4 Å². The number of nitrogens with zero attached hydrogens (tertiary/aromatic N) is 3. The van der Waals surface area contributed by atoms with Gasteiger partial charge in [-0.3, -0.25) is 4.79 Å². The van der Waals surface area contributed by atoms with Crippen LogP contribution in [-0.2, 0) is 19.1 Å². The van der Waals surface area contributed by atoms with E-state index >= 15 is 0 Å². The molecule has 1 fully saturated rings. The highest BCUT2D eigenvalue weighted by molar-refractivity contribution is 6.29. The summed E-state index contributed by atoms with van der Waals surface area (Å²) in [6.45, 7) is 10.7. The van der Waals surface area contributed by atoms with E-state index < -0.39 is 47.2 Å². The van der Waals surface area contributed by atoms with Crippen molar-refractivity contribution in [2.24, 2.45) is 5.41 Å². The van der Waals surface area contributed by atoms with Gasteiger partial charge in [0.1, 0.15) is 35.3 Å². The monoisotopic (exact) mass is 470 g/mol. The molecule has 2 rings (SSSR count). The number of alkyl carbamates (subject to hydrolysis) is 1. The summed E-state index contributed by atoms with van der Waals surface area (Å²) in [6, 6.07) is -0.377. The molecule has 1 saturated heterocycles. The molecule has 0 aromatic carbocycles. The van der Waals surface area contributed by atoms with Crippen LogP contribution in [-0.4, -0.2) is 70.3 Å². The Morgan fingerprint density at radius 2 is 1.84 bits per heavy atom. The van der Waals surface area contributed by atoms with Crippen LogP contribution in [0.2, 0.25) is 5.15 Å². The molecule has 1 aliphatic heterocycles. The topological polar surface area (TPSA) is 120 Å². The molecule has 1 aromatic rings. The zero-order valence-electron chi connectivity index (χ0n) is 19.5. The Kier molecular flexibility index (Phi) is 7.92. The summed E-state index contributed by atoms with van der Waals surface area (Å²) in [5.41, 5.74) is -1.39. The van der Waals surface area contributed by atoms with E-state index in [0.717, 1.165) is 0 Å². The summed E-state index contributed by atoms with van der Waals surface area (Å²) in [5, 5.41) is 2.86. The molecule has 0 bridgehead atoms. The predicted octanol–water partition coefficient (Wildman–Crippen LogP) is 2.59. The minimum absolute atomic E-state index is 0.100. The number of hydrogen-bond acceptors (Lipinski definition) is 8. The highest BCUT2D eigenvalue weighted by atomic mass is 35.5. The normalized spacial score (nSPS) is 19.8. The fourth-order valence-corrected chi connectivity index (χ4v) is 3.42. The number of ether oxygens (including phenoxy) is 3. The number of nitrogens with one attached hydrogen (secondary N) is 1. The number of aromatic nitrogens is 2. The van der Waals surface area contributed by atoms with Gasteiger partial charge in [0.15, 0.2) is 0 Å². The Labute approximate surface area is 193 Å². The molecule has 0 saturated carbocycles. The molecule has 0 aliphatic carbocycles. The summed E-state index contributed by atoms with van der Waals surface area (Å²) in [5.74, 6) is -0.784. The van der Waals surface area contributed by atoms with Crippen molar-refractivity contribution in [1.29, 1.82) is 0 Å². The molecule has 1 N–H and O–H groups in total. The first-order valence-electron chi connectivity index (χ1n) is 10.2. The molecule has 3 unspecified atom stereocenters. The highest BCUT2D eigenvalue weighted by Gasteiger charge is 2.46. The van der Waals surface area contributed by atoms with Crippen LogP contribution in [0.4, 0.5) is 4.79 Å². The van der Waals surface area contributed by atoms with Crippen LogP contribution < -0.4 is 10.1 Å². The Bertz CT molecular complexity index is 851. The maximum Gasteiger partial charge on any atom is 0.408 e. The van der Waals surface area contributed by atoms with Gasteiger partial charge in [-0.15, -0.1) is 0 Å². The Balaban J connectivity index is 2.24. The van der Waals surface area contributed by atoms with Crippen molar-refractivity contribution in [1.82, 2.24) is 20.2 Å². The lowest BCUT2D eigenvalue weighted by Crippen LogP contribution is -2.57. The van der Waals surface area contributed by atoms with Gasteiger partial charge in [-0.2, -0.15) is 0 Å². The van der Waals surface area contributed by atoms with Crippen LogP contribution in [0.3, 0.4) is 0 Å². The molecule has 0 radical (unpaired) electrons. The van der Waals surface area contributed by atoms with E-state index in [1.165, 1.54) is 24.4 Å². The lowest BCUT2D eigenvalue weighted by Gasteiger charge is -2.35. The molecule has 178 valence electrons. The number of likely N-dealkylation sites (tertiary alicyclic amines) is 1. The van der Waals surface area contributed by atoms with Crippen molar-refractivity contribution in [2.75, 3.05) is 13.7 Å². The van der Waals surface area contributed by atoms with Gasteiger partial charge in [-0.05, 0) is 26.2 Å². The first-order chi connectivity index (χ1) is 14.7. The van der Waals surface area contributed by atoms with E-state index in [1.807, 2.05) is 20.8 Å². The van der Waals surface area contributed by atoms with Crippen molar-refractivity contribution >= 4 is 29.6 Å². The third kappa shape index (κ3) is 6.94. The van der Waals surface area contributed by atoms with E-state index in [0.29, 0.717) is 0 Å². The van der Waals surface area contributed by atoms with Gasteiger partial charge in [0.2, 0.25) is 11.8 Å². The van der Waals surface area contributed by atoms with Crippen LogP contribution in [0.1, 0.15) is 48.0 Å². The van der Waals surface area contributed by atoms with Gasteiger partial charge in [-0.1, -0.05) is 32.4 Å². The highest BCUT2D eigenvalue weighted by Crippen LogP contribution is 2.28. The maximum absolute atomic E-state index is 13.5. The molecule has 1 aliphatic rings. The molecule has 1 aromatic heterocycles. The molecular formula is C21H31ClN4O6. The van der Waals surface area contributed by atoms with Crippen LogP contribution in [0.15, 0.2) is 12.4 Å². The van der Waals surface area contributed by atoms with Crippen molar-refractivity contribution < 1.29 is 28.6 Å². The van der Waals surface area contributed by atoms with Crippen LogP contribution in [0.25, 0.3) is 0 Å². The third-order valence-electron chi connectivity index (χ3n) is 4.69. The van der Waals surface area contributed by atoms with Crippen molar-refractivity contribution in [2.45, 2.75) is 71.8 Å². The van der Waals surface area contributed by atoms with Crippen molar-refractivity contribution in [3.05, 3.63) is 17.5 Å². The Hall–Kier alpha value is -2.62. The van der Waals surface area contributed by atoms with Crippen molar-refractivity contribution in [3.63, 3.8) is 0 Å².